The number of carbonyl (C=O) groups excluding carboxylic acids is 1. The van der Waals surface area contributed by atoms with Gasteiger partial charge in [-0.2, -0.15) is 10.1 Å². The van der Waals surface area contributed by atoms with Crippen LogP contribution in [-0.4, -0.2) is 54.9 Å². The molecule has 4 heterocycles. The van der Waals surface area contributed by atoms with Gasteiger partial charge in [-0.05, 0) is 25.7 Å². The molecule has 34 heavy (non-hydrogen) atoms. The molecule has 0 radical (unpaired) electrons. The van der Waals surface area contributed by atoms with Crippen molar-refractivity contribution in [3.05, 3.63) is 34.6 Å². The Morgan fingerprint density at radius 3 is 2.88 bits per heavy atom. The highest BCUT2D eigenvalue weighted by Crippen LogP contribution is 2.36. The number of nitrogens with zero attached hydrogens (tertiary/aromatic N) is 5. The van der Waals surface area contributed by atoms with Crippen LogP contribution in [0.1, 0.15) is 61.4 Å². The summed E-state index contributed by atoms with van der Waals surface area (Å²) in [5, 5.41) is 26.7. The summed E-state index contributed by atoms with van der Waals surface area (Å²) in [4.78, 5) is 28.7. The number of anilines is 4. The van der Waals surface area contributed by atoms with Gasteiger partial charge in [-0.1, -0.05) is 12.8 Å². The zero-order valence-electron chi connectivity index (χ0n) is 18.8. The molecule has 0 aromatic carbocycles. The molecule has 6 rings (SSSR count). The molecular formula is C23H28N8O2S. The van der Waals surface area contributed by atoms with Gasteiger partial charge >= 0.3 is 0 Å². The van der Waals surface area contributed by atoms with Crippen molar-refractivity contribution in [3.63, 3.8) is 0 Å². The van der Waals surface area contributed by atoms with Crippen LogP contribution in [0.15, 0.2) is 17.6 Å². The number of H-pyrrole nitrogens is 1. The Morgan fingerprint density at radius 1 is 1.18 bits per heavy atom. The molecule has 3 aromatic heterocycles. The van der Waals surface area contributed by atoms with Crippen LogP contribution in [0, 0.1) is 0 Å². The highest BCUT2D eigenvalue weighted by atomic mass is 32.1. The van der Waals surface area contributed by atoms with Gasteiger partial charge in [0.25, 0.3) is 0 Å². The second-order valence-electron chi connectivity index (χ2n) is 9.35. The number of amides is 1. The fourth-order valence-electron chi connectivity index (χ4n) is 5.38. The maximum absolute atomic E-state index is 13.0. The number of aromatic nitrogens is 5. The van der Waals surface area contributed by atoms with Crippen molar-refractivity contribution < 1.29 is 9.90 Å². The van der Waals surface area contributed by atoms with Crippen molar-refractivity contribution in [3.8, 4) is 0 Å². The Hall–Kier alpha value is -3.05. The van der Waals surface area contributed by atoms with E-state index in [4.69, 9.17) is 9.97 Å². The molecule has 2 aliphatic carbocycles. The minimum Gasteiger partial charge on any atom is -0.392 e. The number of aromatic amines is 1. The van der Waals surface area contributed by atoms with E-state index in [0.29, 0.717) is 42.2 Å². The van der Waals surface area contributed by atoms with E-state index in [0.717, 1.165) is 35.6 Å². The predicted molar refractivity (Wildman–Crippen MR) is 130 cm³/mol. The number of hydrogen-bond donors (Lipinski definition) is 4. The standard InChI is InChI=1S/C23H28N8O2S/c32-14-10-15-17(11-14)25-22(31-8-3-6-18(31)21(33)28-23-24-7-9-34-23)27-20(15)26-19-12-16(29-30-19)13-4-1-2-5-13/h7,9,12-14,18,32H,1-6,8,10-11H2,(H,24,28,33)(H2,25,26,27,29,30)/t14?,18-/m0/s1. The smallest absolute Gasteiger partial charge is 0.248 e. The summed E-state index contributed by atoms with van der Waals surface area (Å²) in [6, 6.07) is 1.70. The number of carbonyl (C=O) groups is 1. The lowest BCUT2D eigenvalue weighted by Crippen LogP contribution is -2.40. The van der Waals surface area contributed by atoms with E-state index < -0.39 is 6.10 Å². The zero-order chi connectivity index (χ0) is 23.1. The van der Waals surface area contributed by atoms with Gasteiger partial charge in [-0.3, -0.25) is 9.89 Å². The summed E-state index contributed by atoms with van der Waals surface area (Å²) in [5.41, 5.74) is 2.91. The fraction of sp³-hybridized carbons (Fsp3) is 0.522. The lowest BCUT2D eigenvalue weighted by atomic mass is 10.0. The number of fused-ring (bicyclic) bond motifs is 1. The van der Waals surface area contributed by atoms with Gasteiger partial charge in [0.15, 0.2) is 10.9 Å². The molecule has 1 unspecified atom stereocenters. The van der Waals surface area contributed by atoms with Gasteiger partial charge in [0.05, 0.1) is 11.8 Å². The molecule has 10 nitrogen and oxygen atoms in total. The van der Waals surface area contributed by atoms with Crippen molar-refractivity contribution in [2.45, 2.75) is 69.4 Å². The minimum absolute atomic E-state index is 0.0976. The van der Waals surface area contributed by atoms with Crippen LogP contribution < -0.4 is 15.5 Å². The Balaban J connectivity index is 1.27. The molecule has 2 fully saturated rings. The van der Waals surface area contributed by atoms with Gasteiger partial charge in [-0.25, -0.2) is 9.97 Å². The monoisotopic (exact) mass is 480 g/mol. The van der Waals surface area contributed by atoms with Crippen LogP contribution in [0.2, 0.25) is 0 Å². The van der Waals surface area contributed by atoms with E-state index in [-0.39, 0.29) is 11.9 Å². The lowest BCUT2D eigenvalue weighted by molar-refractivity contribution is -0.117. The first-order valence-corrected chi connectivity index (χ1v) is 12.9. The van der Waals surface area contributed by atoms with E-state index in [9.17, 15) is 9.90 Å². The summed E-state index contributed by atoms with van der Waals surface area (Å²) in [6.45, 7) is 0.699. The molecule has 2 atom stereocenters. The van der Waals surface area contributed by atoms with Gasteiger partial charge in [0.2, 0.25) is 11.9 Å². The van der Waals surface area contributed by atoms with Crippen molar-refractivity contribution in [1.82, 2.24) is 25.1 Å². The molecule has 1 aliphatic heterocycles. The van der Waals surface area contributed by atoms with Crippen LogP contribution in [-0.2, 0) is 17.6 Å². The fourth-order valence-corrected chi connectivity index (χ4v) is 5.92. The summed E-state index contributed by atoms with van der Waals surface area (Å²) in [7, 11) is 0. The van der Waals surface area contributed by atoms with Crippen LogP contribution in [0.5, 0.6) is 0 Å². The molecule has 3 aromatic rings. The Bertz CT molecular complexity index is 1170. The number of rotatable bonds is 6. The first-order chi connectivity index (χ1) is 16.6. The molecule has 1 saturated heterocycles. The molecule has 3 aliphatic rings. The first kappa shape index (κ1) is 21.5. The predicted octanol–water partition coefficient (Wildman–Crippen LogP) is 3.12. The molecule has 0 spiro atoms. The second-order valence-corrected chi connectivity index (χ2v) is 10.2. The summed E-state index contributed by atoms with van der Waals surface area (Å²) < 4.78 is 0. The number of hydrogen-bond acceptors (Lipinski definition) is 9. The maximum Gasteiger partial charge on any atom is 0.248 e. The number of aliphatic hydroxyl groups is 1. The normalized spacial score (nSPS) is 22.3. The van der Waals surface area contributed by atoms with E-state index in [1.165, 1.54) is 37.0 Å². The van der Waals surface area contributed by atoms with E-state index in [1.807, 2.05) is 10.3 Å². The van der Waals surface area contributed by atoms with Gasteiger partial charge in [0.1, 0.15) is 11.9 Å². The largest absolute Gasteiger partial charge is 0.392 e. The number of thiazole rings is 1. The maximum atomic E-state index is 13.0. The van der Waals surface area contributed by atoms with Crippen molar-refractivity contribution in [2.75, 3.05) is 22.1 Å². The summed E-state index contributed by atoms with van der Waals surface area (Å²) >= 11 is 1.40. The molecule has 11 heteroatoms. The second kappa shape index (κ2) is 8.95. The third-order valence-electron chi connectivity index (χ3n) is 7.06. The minimum atomic E-state index is -0.476. The first-order valence-electron chi connectivity index (χ1n) is 12.0. The van der Waals surface area contributed by atoms with Crippen molar-refractivity contribution in [1.29, 1.82) is 0 Å². The van der Waals surface area contributed by atoms with Crippen LogP contribution in [0.3, 0.4) is 0 Å². The third kappa shape index (κ3) is 4.14. The SMILES string of the molecule is O=C(Nc1nccs1)[C@@H]1CCCN1c1nc2c(c(Nc3cc(C4CCCC4)[nH]n3)n1)CC(O)C2. The van der Waals surface area contributed by atoms with Gasteiger partial charge in [-0.15, -0.1) is 11.3 Å². The zero-order valence-corrected chi connectivity index (χ0v) is 19.6. The lowest BCUT2D eigenvalue weighted by Gasteiger charge is -2.24. The van der Waals surface area contributed by atoms with Gasteiger partial charge < -0.3 is 20.6 Å². The third-order valence-corrected chi connectivity index (χ3v) is 7.75. The Labute approximate surface area is 201 Å². The van der Waals surface area contributed by atoms with E-state index >= 15 is 0 Å². The topological polar surface area (TPSA) is 132 Å². The average Bonchev–Trinajstić information content (AvgIpc) is 3.64. The Morgan fingerprint density at radius 2 is 2.06 bits per heavy atom. The number of nitrogens with one attached hydrogen (secondary N) is 3. The highest BCUT2D eigenvalue weighted by molar-refractivity contribution is 7.13. The quantitative estimate of drug-likeness (QED) is 0.423. The van der Waals surface area contributed by atoms with E-state index in [2.05, 4.69) is 31.9 Å². The summed E-state index contributed by atoms with van der Waals surface area (Å²) in [6.07, 6.45) is 8.71. The van der Waals surface area contributed by atoms with Crippen LogP contribution in [0.25, 0.3) is 0 Å². The van der Waals surface area contributed by atoms with Gasteiger partial charge in [0, 0.05) is 54.2 Å². The molecule has 1 saturated carbocycles. The van der Waals surface area contributed by atoms with Crippen molar-refractivity contribution in [2.24, 2.45) is 0 Å². The molecule has 4 N–H and O–H groups in total. The van der Waals surface area contributed by atoms with E-state index in [1.54, 1.807) is 6.20 Å². The molecule has 0 bridgehead atoms. The summed E-state index contributed by atoms with van der Waals surface area (Å²) in [5.74, 6) is 2.33. The van der Waals surface area contributed by atoms with Crippen LogP contribution >= 0.6 is 11.3 Å². The molecule has 1 amide bonds. The van der Waals surface area contributed by atoms with Crippen LogP contribution in [0.4, 0.5) is 22.7 Å². The number of aliphatic hydroxyl groups excluding tert-OH is 1. The van der Waals surface area contributed by atoms with Crippen molar-refractivity contribution >= 4 is 40.0 Å². The average molecular weight is 481 g/mol. The molecule has 178 valence electrons. The highest BCUT2D eigenvalue weighted by Gasteiger charge is 2.35. The Kier molecular flexibility index (Phi) is 5.66. The molecular weight excluding hydrogens is 452 g/mol.